The van der Waals surface area contributed by atoms with Gasteiger partial charge in [0.1, 0.15) is 10.4 Å². The Morgan fingerprint density at radius 2 is 1.91 bits per heavy atom. The molecule has 1 aliphatic heterocycles. The Balaban J connectivity index is 0.000000738. The second kappa shape index (κ2) is 17.0. The fourth-order valence-electron chi connectivity index (χ4n) is 4.67. The number of phenolic OH excluding ortho intramolecular Hbond substituents is 1. The van der Waals surface area contributed by atoms with Gasteiger partial charge in [-0.05, 0) is 71.5 Å². The number of phenols is 1. The van der Waals surface area contributed by atoms with Gasteiger partial charge >= 0.3 is 0 Å². The highest BCUT2D eigenvalue weighted by atomic mass is 32.2. The zero-order valence-corrected chi connectivity index (χ0v) is 30.6. The average Bonchev–Trinajstić information content (AvgIpc) is 3.58. The number of aryl methyl sites for hydroxylation is 2. The second-order valence-corrected chi connectivity index (χ2v) is 17.6. The van der Waals surface area contributed by atoms with E-state index in [2.05, 4.69) is 78.8 Å². The van der Waals surface area contributed by atoms with Crippen molar-refractivity contribution in [1.29, 1.82) is 0 Å². The molecule has 8 heteroatoms. The largest absolute Gasteiger partial charge is 0.508 e. The molecule has 2 atom stereocenters. The maximum Gasteiger partial charge on any atom is 0.263 e. The van der Waals surface area contributed by atoms with Gasteiger partial charge in [-0.25, -0.2) is 9.21 Å². The molecule has 0 saturated carbocycles. The van der Waals surface area contributed by atoms with Crippen molar-refractivity contribution in [2.45, 2.75) is 65.7 Å². The van der Waals surface area contributed by atoms with Crippen molar-refractivity contribution < 1.29 is 19.0 Å². The normalized spacial score (nSPS) is 15.4. The number of aromatic nitrogens is 1. The Morgan fingerprint density at radius 3 is 2.50 bits per heavy atom. The third-order valence-corrected chi connectivity index (χ3v) is 12.7. The molecule has 0 amide bonds. The van der Waals surface area contributed by atoms with Crippen LogP contribution in [0.3, 0.4) is 0 Å². The summed E-state index contributed by atoms with van der Waals surface area (Å²) in [4.78, 5) is 0. The lowest BCUT2D eigenvalue weighted by Gasteiger charge is -2.09. The van der Waals surface area contributed by atoms with Crippen molar-refractivity contribution in [3.05, 3.63) is 95.4 Å². The molecule has 2 heterocycles. The summed E-state index contributed by atoms with van der Waals surface area (Å²) >= 11 is 1.70. The highest BCUT2D eigenvalue weighted by molar-refractivity contribution is 8.27. The number of aromatic hydroxyl groups is 1. The smallest absolute Gasteiger partial charge is 0.263 e. The van der Waals surface area contributed by atoms with Gasteiger partial charge < -0.3 is 19.7 Å². The van der Waals surface area contributed by atoms with E-state index in [-0.39, 0.29) is 0 Å². The van der Waals surface area contributed by atoms with Crippen molar-refractivity contribution in [3.8, 4) is 11.5 Å². The Hall–Kier alpha value is -3.30. The average molecular weight is 680 g/mol. The topological polar surface area (TPSA) is 65.6 Å². The summed E-state index contributed by atoms with van der Waals surface area (Å²) in [5.74, 6) is 16.1. The zero-order chi connectivity index (χ0) is 34.0. The van der Waals surface area contributed by atoms with Crippen LogP contribution in [0.25, 0.3) is 21.9 Å². The number of fused-ring (bicyclic) bond motifs is 2. The van der Waals surface area contributed by atoms with E-state index in [1.807, 2.05) is 51.1 Å². The standard InChI is InChI=1S/C33H38N2O2S2.C5H12OS/c1-8-13-25(10-3)26-14-15-30-27(21-26)34-32(37-30)19-24(9-2)20-33-35(16-12-17-39(6,7)11-4)28-18-23(5)29(36)22-31(28)38-33;1-4-5(2)7(3)6/h8,10,13-15,18-22,36H,1,3,6-7,9,11-12,16-17H2,2,4-5H3;5-6H,3-4H2,1-2H3/p+1/b25-13+;. The van der Waals surface area contributed by atoms with E-state index >= 15 is 0 Å². The minimum atomic E-state index is -1.05. The molecule has 2 unspecified atom stereocenters. The third-order valence-electron chi connectivity index (χ3n) is 8.00. The summed E-state index contributed by atoms with van der Waals surface area (Å²) in [6, 6.07) is 10.0. The van der Waals surface area contributed by atoms with Crippen molar-refractivity contribution in [1.82, 2.24) is 0 Å². The molecule has 3 aromatic rings. The molecule has 3 N–H and O–H groups in total. The summed E-state index contributed by atoms with van der Waals surface area (Å²) in [5, 5.41) is 15.3. The molecule has 0 bridgehead atoms. The summed E-state index contributed by atoms with van der Waals surface area (Å²) in [7, 11) is -1.66. The highest BCUT2D eigenvalue weighted by Gasteiger charge is 2.22. The van der Waals surface area contributed by atoms with Crippen LogP contribution in [0.15, 0.2) is 79.2 Å². The Bertz CT molecular complexity index is 1790. The Labute approximate surface area is 283 Å². The molecule has 46 heavy (non-hydrogen) atoms. The second-order valence-electron chi connectivity index (χ2n) is 11.5. The van der Waals surface area contributed by atoms with Crippen LogP contribution < -0.4 is 14.6 Å². The number of anilines is 1. The molecule has 0 radical (unpaired) electrons. The summed E-state index contributed by atoms with van der Waals surface area (Å²) in [5.41, 5.74) is 6.16. The minimum absolute atomic E-state index is 0.331. The van der Waals surface area contributed by atoms with Crippen LogP contribution >= 0.6 is 31.3 Å². The van der Waals surface area contributed by atoms with Crippen LogP contribution in [0.2, 0.25) is 0 Å². The molecule has 1 aliphatic rings. The number of rotatable bonds is 13. The van der Waals surface area contributed by atoms with Gasteiger partial charge in [0.2, 0.25) is 5.52 Å². The van der Waals surface area contributed by atoms with E-state index in [1.54, 1.807) is 17.4 Å². The van der Waals surface area contributed by atoms with Gasteiger partial charge in [-0.3, -0.25) is 0 Å². The van der Waals surface area contributed by atoms with Crippen molar-refractivity contribution in [2.75, 3.05) is 16.8 Å². The first-order valence-electron chi connectivity index (χ1n) is 15.7. The molecule has 0 fully saturated rings. The maximum absolute atomic E-state index is 10.4. The van der Waals surface area contributed by atoms with Crippen LogP contribution in [0.4, 0.5) is 5.69 Å². The van der Waals surface area contributed by atoms with Crippen LogP contribution in [0.5, 0.6) is 11.5 Å². The first-order valence-corrected chi connectivity index (χ1v) is 20.2. The van der Waals surface area contributed by atoms with Gasteiger partial charge in [-0.2, -0.15) is 4.57 Å². The van der Waals surface area contributed by atoms with Gasteiger partial charge in [0.25, 0.3) is 5.01 Å². The number of hydrogen-bond acceptors (Lipinski definition) is 5. The Kier molecular flexibility index (Phi) is 13.8. The zero-order valence-electron chi connectivity index (χ0n) is 28.1. The van der Waals surface area contributed by atoms with E-state index in [0.29, 0.717) is 16.9 Å². The number of thiazole rings is 1. The van der Waals surface area contributed by atoms with Crippen molar-refractivity contribution in [2.24, 2.45) is 0 Å². The predicted molar refractivity (Wildman–Crippen MR) is 213 cm³/mol. The molecule has 4 rings (SSSR count). The SMILES string of the molecule is C=C/C=C(\C=C)c1ccc2c(c1)N/C(=C/C(=C/c1sc3cc(O)c(C)cc3[n+]1CCCS(=C)(=C)CC)CC)O2.C=S(O)C(C)CC. The molecule has 5 nitrogen and oxygen atoms in total. The summed E-state index contributed by atoms with van der Waals surface area (Å²) in [6.45, 7) is 18.9. The van der Waals surface area contributed by atoms with Gasteiger partial charge in [0.15, 0.2) is 18.2 Å². The number of ether oxygens (including phenoxy) is 1. The number of nitrogens with one attached hydrogen (secondary N) is 1. The quantitative estimate of drug-likeness (QED) is 0.0956. The lowest BCUT2D eigenvalue weighted by Crippen LogP contribution is -2.35. The van der Waals surface area contributed by atoms with Crippen LogP contribution in [-0.2, 0) is 6.54 Å². The lowest BCUT2D eigenvalue weighted by atomic mass is 10.0. The highest BCUT2D eigenvalue weighted by Crippen LogP contribution is 2.37. The van der Waals surface area contributed by atoms with Crippen LogP contribution in [-0.4, -0.2) is 44.0 Å². The molecular weight excluding hydrogens is 629 g/mol. The minimum Gasteiger partial charge on any atom is -0.508 e. The first kappa shape index (κ1) is 37.2. The van der Waals surface area contributed by atoms with E-state index in [9.17, 15) is 5.11 Å². The van der Waals surface area contributed by atoms with E-state index in [4.69, 9.17) is 9.29 Å². The van der Waals surface area contributed by atoms with Gasteiger partial charge in [-0.1, -0.05) is 99.0 Å². The number of benzene rings is 2. The van der Waals surface area contributed by atoms with Gasteiger partial charge in [0, 0.05) is 36.0 Å². The monoisotopic (exact) mass is 679 g/mol. The van der Waals surface area contributed by atoms with Gasteiger partial charge in [-0.15, -0.1) is 0 Å². The van der Waals surface area contributed by atoms with E-state index in [0.717, 1.165) is 86.2 Å². The van der Waals surface area contributed by atoms with Crippen molar-refractivity contribution >= 4 is 76.5 Å². The number of nitrogens with zero attached hydrogens (tertiary/aromatic N) is 1. The summed E-state index contributed by atoms with van der Waals surface area (Å²) in [6.07, 6.45) is 12.7. The fourth-order valence-corrected chi connectivity index (χ4v) is 7.26. The van der Waals surface area contributed by atoms with E-state index < -0.39 is 20.0 Å². The molecule has 0 aliphatic carbocycles. The molecular formula is C38H51N2O3S3+. The lowest BCUT2D eigenvalue weighted by molar-refractivity contribution is -0.668. The van der Waals surface area contributed by atoms with Crippen LogP contribution in [0.1, 0.15) is 63.1 Å². The van der Waals surface area contributed by atoms with Gasteiger partial charge in [0.05, 0.1) is 5.69 Å². The molecule has 0 spiro atoms. The number of hydrogen-bond donors (Lipinski definition) is 3. The third kappa shape index (κ3) is 9.85. The predicted octanol–water partition coefficient (Wildman–Crippen LogP) is 10.1. The van der Waals surface area contributed by atoms with Crippen molar-refractivity contribution in [3.63, 3.8) is 0 Å². The number of allylic oxidation sites excluding steroid dienone is 6. The molecule has 2 aromatic carbocycles. The molecule has 248 valence electrons. The first-order chi connectivity index (χ1) is 21.9. The molecule has 0 saturated heterocycles. The fraction of sp³-hybridized carbons (Fsp3) is 0.316. The molecule has 1 aromatic heterocycles. The van der Waals surface area contributed by atoms with E-state index in [1.165, 1.54) is 0 Å². The summed E-state index contributed by atoms with van der Waals surface area (Å²) < 4.78 is 18.3. The Morgan fingerprint density at radius 1 is 1.17 bits per heavy atom. The maximum atomic E-state index is 10.4. The van der Waals surface area contributed by atoms with Crippen LogP contribution in [0, 0.1) is 6.92 Å².